The van der Waals surface area contributed by atoms with Gasteiger partial charge in [0.2, 0.25) is 0 Å². The summed E-state index contributed by atoms with van der Waals surface area (Å²) in [5.41, 5.74) is 1.26. The molecule has 0 aliphatic heterocycles. The van der Waals surface area contributed by atoms with E-state index in [1.165, 1.54) is 35.7 Å². The van der Waals surface area contributed by atoms with E-state index in [4.69, 9.17) is 16.3 Å². The van der Waals surface area contributed by atoms with Gasteiger partial charge in [0.1, 0.15) is 5.75 Å². The number of methoxy groups -OCH3 is 1. The van der Waals surface area contributed by atoms with Gasteiger partial charge in [0.25, 0.3) is 15.9 Å². The predicted molar refractivity (Wildman–Crippen MR) is 129 cm³/mol. The van der Waals surface area contributed by atoms with Gasteiger partial charge in [-0.3, -0.25) is 14.1 Å². The van der Waals surface area contributed by atoms with Crippen molar-refractivity contribution in [3.05, 3.63) is 95.8 Å². The number of pyridine rings is 1. The van der Waals surface area contributed by atoms with Crippen LogP contribution in [0.2, 0.25) is 5.02 Å². The first-order chi connectivity index (χ1) is 15.9. The standard InChI is InChI=1S/C24H24ClN3O4S/c1-3-16-28(22-9-4-5-10-23(22)32-2)33(30,31)19-11-12-21(25)20(17-19)24(29)27-15-13-18-8-6-7-14-26-18/h3-12,14,17H,1,13,15-16H2,2H3,(H,27,29). The van der Waals surface area contributed by atoms with E-state index in [1.807, 2.05) is 18.2 Å². The number of rotatable bonds is 10. The van der Waals surface area contributed by atoms with Crippen LogP contribution in [0.25, 0.3) is 0 Å². The fraction of sp³-hybridized carbons (Fsp3) is 0.167. The topological polar surface area (TPSA) is 88.6 Å². The van der Waals surface area contributed by atoms with Crippen LogP contribution in [0.3, 0.4) is 0 Å². The first kappa shape index (κ1) is 24.3. The molecule has 1 N–H and O–H groups in total. The molecule has 33 heavy (non-hydrogen) atoms. The second-order valence-corrected chi connectivity index (χ2v) is 9.23. The van der Waals surface area contributed by atoms with Crippen LogP contribution in [0.4, 0.5) is 5.69 Å². The van der Waals surface area contributed by atoms with Crippen molar-refractivity contribution in [2.75, 3.05) is 24.5 Å². The summed E-state index contributed by atoms with van der Waals surface area (Å²) in [5.74, 6) is -0.0788. The van der Waals surface area contributed by atoms with Gasteiger partial charge < -0.3 is 10.1 Å². The van der Waals surface area contributed by atoms with Crippen LogP contribution in [-0.4, -0.2) is 39.5 Å². The Morgan fingerprint density at radius 1 is 1.18 bits per heavy atom. The third-order valence-electron chi connectivity index (χ3n) is 4.81. The lowest BCUT2D eigenvalue weighted by Crippen LogP contribution is -2.32. The molecule has 3 rings (SSSR count). The number of nitrogens with zero attached hydrogens (tertiary/aromatic N) is 2. The Kier molecular flexibility index (Phi) is 8.08. The maximum atomic E-state index is 13.5. The van der Waals surface area contributed by atoms with Crippen molar-refractivity contribution < 1.29 is 17.9 Å². The van der Waals surface area contributed by atoms with Crippen molar-refractivity contribution in [3.8, 4) is 5.75 Å². The zero-order valence-corrected chi connectivity index (χ0v) is 19.6. The quantitative estimate of drug-likeness (QED) is 0.437. The number of anilines is 1. The lowest BCUT2D eigenvalue weighted by atomic mass is 10.2. The summed E-state index contributed by atoms with van der Waals surface area (Å²) in [5, 5.41) is 2.91. The lowest BCUT2D eigenvalue weighted by molar-refractivity contribution is 0.0954. The molecule has 2 aromatic carbocycles. The molecule has 0 atom stereocenters. The molecule has 0 bridgehead atoms. The average Bonchev–Trinajstić information content (AvgIpc) is 2.83. The fourth-order valence-corrected chi connectivity index (χ4v) is 4.87. The summed E-state index contributed by atoms with van der Waals surface area (Å²) in [4.78, 5) is 16.9. The average molecular weight is 486 g/mol. The number of amides is 1. The number of sulfonamides is 1. The first-order valence-corrected chi connectivity index (χ1v) is 11.9. The van der Waals surface area contributed by atoms with Crippen molar-refractivity contribution in [1.82, 2.24) is 10.3 Å². The van der Waals surface area contributed by atoms with Gasteiger partial charge in [-0.05, 0) is 42.5 Å². The molecule has 0 spiro atoms. The Hall–Kier alpha value is -3.36. The van der Waals surface area contributed by atoms with Gasteiger partial charge in [-0.15, -0.1) is 6.58 Å². The molecule has 0 fully saturated rings. The lowest BCUT2D eigenvalue weighted by Gasteiger charge is -2.25. The molecule has 1 heterocycles. The highest BCUT2D eigenvalue weighted by Crippen LogP contribution is 2.33. The Morgan fingerprint density at radius 3 is 2.64 bits per heavy atom. The van der Waals surface area contributed by atoms with Gasteiger partial charge in [-0.1, -0.05) is 35.9 Å². The highest BCUT2D eigenvalue weighted by molar-refractivity contribution is 7.92. The van der Waals surface area contributed by atoms with Gasteiger partial charge >= 0.3 is 0 Å². The van der Waals surface area contributed by atoms with Crippen LogP contribution in [-0.2, 0) is 16.4 Å². The summed E-state index contributed by atoms with van der Waals surface area (Å²) >= 11 is 6.22. The van der Waals surface area contributed by atoms with E-state index in [1.54, 1.807) is 30.5 Å². The van der Waals surface area contributed by atoms with E-state index < -0.39 is 15.9 Å². The number of halogens is 1. The van der Waals surface area contributed by atoms with Gasteiger partial charge in [0.05, 0.1) is 34.8 Å². The molecule has 0 unspecified atom stereocenters. The molecule has 1 amide bonds. The van der Waals surface area contributed by atoms with Crippen LogP contribution in [0.5, 0.6) is 5.75 Å². The van der Waals surface area contributed by atoms with Gasteiger partial charge in [-0.2, -0.15) is 0 Å². The van der Waals surface area contributed by atoms with E-state index in [0.29, 0.717) is 24.4 Å². The molecular formula is C24H24ClN3O4S. The largest absolute Gasteiger partial charge is 0.495 e. The van der Waals surface area contributed by atoms with E-state index in [0.717, 1.165) is 5.69 Å². The second kappa shape index (κ2) is 11.0. The molecule has 0 aliphatic rings. The minimum Gasteiger partial charge on any atom is -0.495 e. The molecule has 0 saturated carbocycles. The third-order valence-corrected chi connectivity index (χ3v) is 6.92. The predicted octanol–water partition coefficient (Wildman–Crippen LogP) is 4.10. The normalized spacial score (nSPS) is 11.0. The number of carbonyl (C=O) groups excluding carboxylic acids is 1. The van der Waals surface area contributed by atoms with Crippen molar-refractivity contribution >= 4 is 33.2 Å². The number of nitrogens with one attached hydrogen (secondary N) is 1. The summed E-state index contributed by atoms with van der Waals surface area (Å²) < 4.78 is 33.5. The number of hydrogen-bond acceptors (Lipinski definition) is 5. The number of hydrogen-bond donors (Lipinski definition) is 1. The first-order valence-electron chi connectivity index (χ1n) is 10.1. The number of carbonyl (C=O) groups is 1. The van der Waals surface area contributed by atoms with Crippen LogP contribution < -0.4 is 14.4 Å². The third kappa shape index (κ3) is 5.71. The molecule has 7 nitrogen and oxygen atoms in total. The highest BCUT2D eigenvalue weighted by Gasteiger charge is 2.27. The fourth-order valence-electron chi connectivity index (χ4n) is 3.19. The number of para-hydroxylation sites is 2. The minimum absolute atomic E-state index is 0.0109. The maximum absolute atomic E-state index is 13.5. The van der Waals surface area contributed by atoms with Crippen molar-refractivity contribution in [3.63, 3.8) is 0 Å². The molecule has 1 aromatic heterocycles. The molecule has 172 valence electrons. The van der Waals surface area contributed by atoms with Crippen LogP contribution in [0, 0.1) is 0 Å². The highest BCUT2D eigenvalue weighted by atomic mass is 35.5. The zero-order chi connectivity index (χ0) is 23.8. The Labute approximate surface area is 198 Å². The number of benzene rings is 2. The molecule has 0 aliphatic carbocycles. The zero-order valence-electron chi connectivity index (χ0n) is 18.1. The summed E-state index contributed by atoms with van der Waals surface area (Å²) in [7, 11) is -2.59. The van der Waals surface area contributed by atoms with Gasteiger partial charge in [0.15, 0.2) is 0 Å². The van der Waals surface area contributed by atoms with Gasteiger partial charge in [-0.25, -0.2) is 8.42 Å². The Bertz CT molecular complexity index is 1230. The smallest absolute Gasteiger partial charge is 0.264 e. The van der Waals surface area contributed by atoms with Crippen LogP contribution in [0.15, 0.2) is 84.4 Å². The molecule has 9 heteroatoms. The number of ether oxygens (including phenoxy) is 1. The SMILES string of the molecule is C=CCN(c1ccccc1OC)S(=O)(=O)c1ccc(Cl)c(C(=O)NCCc2ccccn2)c1. The Morgan fingerprint density at radius 2 is 1.94 bits per heavy atom. The van der Waals surface area contributed by atoms with Crippen molar-refractivity contribution in [2.24, 2.45) is 0 Å². The van der Waals surface area contributed by atoms with E-state index >= 15 is 0 Å². The Balaban J connectivity index is 1.88. The second-order valence-electron chi connectivity index (χ2n) is 6.97. The summed E-state index contributed by atoms with van der Waals surface area (Å²) in [6, 6.07) is 16.4. The molecule has 0 radical (unpaired) electrons. The summed E-state index contributed by atoms with van der Waals surface area (Å²) in [6.07, 6.45) is 3.69. The summed E-state index contributed by atoms with van der Waals surface area (Å²) in [6.45, 7) is 4.01. The van der Waals surface area contributed by atoms with E-state index in [9.17, 15) is 13.2 Å². The van der Waals surface area contributed by atoms with Crippen LogP contribution >= 0.6 is 11.6 Å². The van der Waals surface area contributed by atoms with Crippen molar-refractivity contribution in [1.29, 1.82) is 0 Å². The van der Waals surface area contributed by atoms with E-state index in [-0.39, 0.29) is 22.0 Å². The van der Waals surface area contributed by atoms with Crippen LogP contribution in [0.1, 0.15) is 16.1 Å². The van der Waals surface area contributed by atoms with Crippen molar-refractivity contribution in [2.45, 2.75) is 11.3 Å². The molecular weight excluding hydrogens is 462 g/mol. The monoisotopic (exact) mass is 485 g/mol. The minimum atomic E-state index is -4.05. The molecule has 0 saturated heterocycles. The number of aromatic nitrogens is 1. The van der Waals surface area contributed by atoms with E-state index in [2.05, 4.69) is 16.9 Å². The molecule has 3 aromatic rings. The van der Waals surface area contributed by atoms with Gasteiger partial charge in [0, 0.05) is 24.9 Å². The maximum Gasteiger partial charge on any atom is 0.264 e.